The first-order chi connectivity index (χ1) is 31.4. The minimum absolute atomic E-state index is 0.0143. The average molecular weight is 960 g/mol. The number of aliphatic carboxylic acids is 3. The van der Waals surface area contributed by atoms with Crippen LogP contribution in [0.1, 0.15) is 118 Å². The summed E-state index contributed by atoms with van der Waals surface area (Å²) in [7, 11) is 0. The zero-order chi connectivity index (χ0) is 51.4. The van der Waals surface area contributed by atoms with Gasteiger partial charge in [0.2, 0.25) is 41.4 Å². The van der Waals surface area contributed by atoms with Crippen LogP contribution in [0.15, 0.2) is 0 Å². The van der Waals surface area contributed by atoms with Crippen LogP contribution in [-0.4, -0.2) is 154 Å². The van der Waals surface area contributed by atoms with Gasteiger partial charge >= 0.3 is 17.9 Å². The Balaban J connectivity index is 6.59. The Labute approximate surface area is 391 Å². The number of carbonyl (C=O) groups is 10. The number of carboxylic acid groups (broad SMARTS) is 3. The van der Waals surface area contributed by atoms with Crippen molar-refractivity contribution in [2.24, 2.45) is 34.8 Å². The lowest BCUT2D eigenvalue weighted by Gasteiger charge is -2.29. The molecule has 0 aromatic carbocycles. The third-order valence-electron chi connectivity index (χ3n) is 10.4. The largest absolute Gasteiger partial charge is 0.481 e. The number of carboxylic acids is 3. The molecule has 384 valence electrons. The molecule has 0 aliphatic heterocycles. The average Bonchev–Trinajstić information content (AvgIpc) is 3.23. The number of carbonyl (C=O) groups excluding carboxylic acids is 7. The molecule has 0 aliphatic carbocycles. The van der Waals surface area contributed by atoms with Crippen molar-refractivity contribution < 1.29 is 68.4 Å². The summed E-state index contributed by atoms with van der Waals surface area (Å²) in [5, 5.41) is 55.2. The van der Waals surface area contributed by atoms with Gasteiger partial charge in [-0.3, -0.25) is 43.2 Å². The van der Waals surface area contributed by atoms with E-state index in [9.17, 15) is 63.3 Å². The Kier molecular flexibility index (Phi) is 30.3. The molecule has 0 bridgehead atoms. The third-order valence-corrected chi connectivity index (χ3v) is 10.4. The maximum atomic E-state index is 14.1. The van der Waals surface area contributed by atoms with E-state index in [0.29, 0.717) is 38.5 Å². The molecule has 0 aromatic heterocycles. The first kappa shape index (κ1) is 61.5. The van der Waals surface area contributed by atoms with Gasteiger partial charge in [0.05, 0.1) is 18.6 Å². The summed E-state index contributed by atoms with van der Waals surface area (Å²) in [5.41, 5.74) is 22.8. The van der Waals surface area contributed by atoms with Crippen molar-refractivity contribution in [3.63, 3.8) is 0 Å². The Morgan fingerprint density at radius 3 is 1.19 bits per heavy atom. The van der Waals surface area contributed by atoms with E-state index in [0.717, 1.165) is 0 Å². The predicted octanol–water partition coefficient (Wildman–Crippen LogP) is -3.40. The van der Waals surface area contributed by atoms with Crippen LogP contribution in [0.25, 0.3) is 0 Å². The number of hydrogen-bond donors (Lipinski definition) is 15. The fourth-order valence-corrected chi connectivity index (χ4v) is 6.57. The number of rotatable bonds is 36. The van der Waals surface area contributed by atoms with Crippen LogP contribution in [0, 0.1) is 11.8 Å². The van der Waals surface area contributed by atoms with E-state index in [4.69, 9.17) is 28.0 Å². The van der Waals surface area contributed by atoms with Gasteiger partial charge in [-0.1, -0.05) is 27.7 Å². The van der Waals surface area contributed by atoms with E-state index in [2.05, 4.69) is 37.2 Å². The lowest BCUT2D eigenvalue weighted by Crippen LogP contribution is -2.61. The van der Waals surface area contributed by atoms with Crippen molar-refractivity contribution in [2.45, 2.75) is 173 Å². The molecule has 0 saturated heterocycles. The molecule has 0 spiro atoms. The molecule has 9 atom stereocenters. The van der Waals surface area contributed by atoms with Crippen LogP contribution < -0.4 is 60.2 Å². The van der Waals surface area contributed by atoms with E-state index >= 15 is 0 Å². The first-order valence-electron chi connectivity index (χ1n) is 22.7. The number of hydrogen-bond acceptors (Lipinski definition) is 15. The summed E-state index contributed by atoms with van der Waals surface area (Å²) >= 11 is 0. The third kappa shape index (κ3) is 25.3. The second-order valence-electron chi connectivity index (χ2n) is 17.2. The summed E-state index contributed by atoms with van der Waals surface area (Å²) < 4.78 is 0. The van der Waals surface area contributed by atoms with Gasteiger partial charge in [0, 0.05) is 6.42 Å². The van der Waals surface area contributed by atoms with Gasteiger partial charge in [0.15, 0.2) is 6.04 Å². The number of unbranched alkanes of at least 4 members (excludes halogenated alkanes) is 3. The van der Waals surface area contributed by atoms with Crippen molar-refractivity contribution in [3.05, 3.63) is 0 Å². The molecule has 0 radical (unpaired) electrons. The molecule has 0 aromatic rings. The van der Waals surface area contributed by atoms with Crippen molar-refractivity contribution in [1.82, 2.24) is 37.2 Å². The highest BCUT2D eigenvalue weighted by molar-refractivity contribution is 5.98. The fraction of sp³-hybridized carbons (Fsp3) is 0.762. The lowest BCUT2D eigenvalue weighted by atomic mass is 9.99. The van der Waals surface area contributed by atoms with Gasteiger partial charge in [0.25, 0.3) is 0 Å². The topological polar surface area (TPSA) is 440 Å². The quantitative estimate of drug-likeness (QED) is 0.0272. The van der Waals surface area contributed by atoms with E-state index in [1.165, 1.54) is 6.92 Å². The van der Waals surface area contributed by atoms with Gasteiger partial charge in [-0.25, -0.2) is 4.79 Å². The van der Waals surface area contributed by atoms with Gasteiger partial charge in [-0.15, -0.1) is 0 Å². The molecular weight excluding hydrogens is 883 g/mol. The molecule has 0 rings (SSSR count). The Bertz CT molecular complexity index is 1630. The fourth-order valence-electron chi connectivity index (χ4n) is 6.57. The molecule has 7 amide bonds. The first-order valence-corrected chi connectivity index (χ1v) is 22.7. The highest BCUT2D eigenvalue weighted by Crippen LogP contribution is 2.12. The molecular formula is C42H77N11O14. The number of aliphatic hydroxyl groups is 1. The molecule has 0 saturated carbocycles. The second-order valence-corrected chi connectivity index (χ2v) is 17.2. The summed E-state index contributed by atoms with van der Waals surface area (Å²) in [6, 6.07) is -11.3. The van der Waals surface area contributed by atoms with E-state index < -0.39 is 132 Å². The summed E-state index contributed by atoms with van der Waals surface area (Å²) in [6.45, 7) is 8.61. The number of nitrogens with two attached hydrogens (primary N) is 4. The minimum Gasteiger partial charge on any atom is -0.481 e. The minimum atomic E-state index is -1.73. The van der Waals surface area contributed by atoms with Crippen LogP contribution in [0.4, 0.5) is 0 Å². The smallest absolute Gasteiger partial charge is 0.328 e. The second kappa shape index (κ2) is 33.1. The predicted molar refractivity (Wildman–Crippen MR) is 243 cm³/mol. The SMILES string of the molecule is CC(C)C[C@H](NC(=O)[C@H](CCCCN)NC(=O)[C@H](CCCCN)NC(=O)[C@@H](NC(=O)[C@H](CC(=O)O)NC(=O)[C@@H](N)CCC(=O)O)C(C)C)C(=O)N[C@@H](CCCCN)C(=O)N[C@H](C(=O)O)[C@@H](C)O. The Morgan fingerprint density at radius 2 is 0.821 bits per heavy atom. The molecule has 0 heterocycles. The molecule has 0 aliphatic rings. The van der Waals surface area contributed by atoms with E-state index in [1.807, 2.05) is 0 Å². The van der Waals surface area contributed by atoms with Gasteiger partial charge in [0.1, 0.15) is 36.3 Å². The van der Waals surface area contributed by atoms with Crippen molar-refractivity contribution in [2.75, 3.05) is 19.6 Å². The van der Waals surface area contributed by atoms with Crippen LogP contribution in [0.5, 0.6) is 0 Å². The van der Waals surface area contributed by atoms with Crippen LogP contribution >= 0.6 is 0 Å². The molecule has 0 unspecified atom stereocenters. The maximum Gasteiger partial charge on any atom is 0.328 e. The zero-order valence-electron chi connectivity index (χ0n) is 39.3. The highest BCUT2D eigenvalue weighted by atomic mass is 16.4. The van der Waals surface area contributed by atoms with Crippen LogP contribution in [-0.2, 0) is 47.9 Å². The summed E-state index contributed by atoms with van der Waals surface area (Å²) in [4.78, 5) is 129. The zero-order valence-corrected chi connectivity index (χ0v) is 39.3. The van der Waals surface area contributed by atoms with E-state index in [1.54, 1.807) is 27.7 Å². The summed E-state index contributed by atoms with van der Waals surface area (Å²) in [6.07, 6.45) is -0.626. The summed E-state index contributed by atoms with van der Waals surface area (Å²) in [5.74, 6) is -11.3. The van der Waals surface area contributed by atoms with Gasteiger partial charge in [-0.05, 0) is 109 Å². The maximum absolute atomic E-state index is 14.1. The number of nitrogens with one attached hydrogen (secondary N) is 7. The normalized spacial score (nSPS) is 15.3. The number of amides is 7. The molecule has 0 fully saturated rings. The van der Waals surface area contributed by atoms with Crippen LogP contribution in [0.2, 0.25) is 0 Å². The lowest BCUT2D eigenvalue weighted by molar-refractivity contribution is -0.145. The Morgan fingerprint density at radius 1 is 0.448 bits per heavy atom. The highest BCUT2D eigenvalue weighted by Gasteiger charge is 2.36. The monoisotopic (exact) mass is 960 g/mol. The van der Waals surface area contributed by atoms with E-state index in [-0.39, 0.29) is 57.7 Å². The molecule has 67 heavy (non-hydrogen) atoms. The molecule has 25 nitrogen and oxygen atoms in total. The van der Waals surface area contributed by atoms with Crippen molar-refractivity contribution >= 4 is 59.3 Å². The van der Waals surface area contributed by atoms with Crippen LogP contribution in [0.3, 0.4) is 0 Å². The molecule has 19 N–H and O–H groups in total. The number of aliphatic hydroxyl groups excluding tert-OH is 1. The van der Waals surface area contributed by atoms with Crippen molar-refractivity contribution in [3.8, 4) is 0 Å². The Hall–Kier alpha value is -5.50. The van der Waals surface area contributed by atoms with Crippen molar-refractivity contribution in [1.29, 1.82) is 0 Å². The van der Waals surface area contributed by atoms with Gasteiger partial charge in [-0.2, -0.15) is 0 Å². The molecule has 25 heteroatoms. The van der Waals surface area contributed by atoms with Gasteiger partial charge < -0.3 is 80.6 Å². The standard InChI is InChI=1S/C42H77N11O14/c1-22(2)20-29(39(63)48-28(14-8-11-19-45)38(62)53-34(24(5)54)42(66)67)51-37(61)26(12-6-9-17-43)47-36(60)27(13-7-10-18-44)49-41(65)33(23(3)4)52-40(64)30(21-32(57)58)50-35(59)25(46)15-16-31(55)56/h22-30,33-34,54H,6-21,43-46H2,1-5H3,(H,47,60)(H,48,63)(H,49,65)(H,50,59)(H,51,61)(H,52,64)(H,53,62)(H,55,56)(H,57,58)(H,66,67)/t24-,25+,26+,27+,28+,29+,30+,33+,34+/m1/s1.